The molecule has 0 aromatic carbocycles. The van der Waals surface area contributed by atoms with Crippen LogP contribution in [-0.2, 0) is 4.74 Å². The van der Waals surface area contributed by atoms with Gasteiger partial charge < -0.3 is 15.4 Å². The second-order valence-electron chi connectivity index (χ2n) is 5.00. The summed E-state index contributed by atoms with van der Waals surface area (Å²) in [5.41, 5.74) is 5.87. The third kappa shape index (κ3) is 2.71. The van der Waals surface area contributed by atoms with E-state index < -0.39 is 0 Å². The van der Waals surface area contributed by atoms with E-state index in [9.17, 15) is 0 Å². The summed E-state index contributed by atoms with van der Waals surface area (Å²) in [7, 11) is 0. The fourth-order valence-electron chi connectivity index (χ4n) is 2.46. The van der Waals surface area contributed by atoms with Crippen molar-refractivity contribution in [1.82, 2.24) is 4.90 Å². The molecule has 1 saturated carbocycles. The first kappa shape index (κ1) is 11.4. The maximum absolute atomic E-state index is 5.97. The quantitative estimate of drug-likeness (QED) is 0.748. The molecule has 2 aliphatic rings. The maximum atomic E-state index is 5.97. The number of hydrogen-bond acceptors (Lipinski definition) is 3. The van der Waals surface area contributed by atoms with Crippen LogP contribution in [0.1, 0.15) is 39.0 Å². The average molecular weight is 212 g/mol. The van der Waals surface area contributed by atoms with E-state index in [1.165, 1.54) is 25.9 Å². The van der Waals surface area contributed by atoms with Gasteiger partial charge in [-0.15, -0.1) is 0 Å². The molecule has 2 fully saturated rings. The normalized spacial score (nSPS) is 26.8. The molecule has 2 N–H and O–H groups in total. The highest BCUT2D eigenvalue weighted by atomic mass is 16.5. The number of hydrogen-bond donors (Lipinski definition) is 1. The summed E-state index contributed by atoms with van der Waals surface area (Å²) < 4.78 is 5.97. The molecule has 0 radical (unpaired) electrons. The van der Waals surface area contributed by atoms with E-state index in [1.54, 1.807) is 0 Å². The van der Waals surface area contributed by atoms with Crippen LogP contribution in [0.25, 0.3) is 0 Å². The minimum absolute atomic E-state index is 0.00139. The summed E-state index contributed by atoms with van der Waals surface area (Å²) in [6.45, 7) is 6.08. The lowest BCUT2D eigenvalue weighted by atomic mass is 9.91. The molecule has 15 heavy (non-hydrogen) atoms. The van der Waals surface area contributed by atoms with E-state index in [4.69, 9.17) is 10.5 Å². The fourth-order valence-corrected chi connectivity index (χ4v) is 2.46. The third-order valence-corrected chi connectivity index (χ3v) is 3.76. The largest absolute Gasteiger partial charge is 0.374 e. The Kier molecular flexibility index (Phi) is 3.65. The monoisotopic (exact) mass is 212 g/mol. The van der Waals surface area contributed by atoms with Crippen LogP contribution in [0.2, 0.25) is 0 Å². The zero-order chi connectivity index (χ0) is 10.7. The van der Waals surface area contributed by atoms with Crippen LogP contribution in [-0.4, -0.2) is 42.8 Å². The predicted octanol–water partition coefficient (Wildman–Crippen LogP) is 1.37. The SMILES string of the molecule is CCCOC1(CN)CCN(C2CC2)CC1. The molecule has 0 spiro atoms. The zero-order valence-corrected chi connectivity index (χ0v) is 9.87. The third-order valence-electron chi connectivity index (χ3n) is 3.76. The van der Waals surface area contributed by atoms with Crippen LogP contribution < -0.4 is 5.73 Å². The van der Waals surface area contributed by atoms with Crippen LogP contribution in [0.15, 0.2) is 0 Å². The molecule has 88 valence electrons. The Morgan fingerprint density at radius 2 is 2.00 bits per heavy atom. The first-order chi connectivity index (χ1) is 7.29. The van der Waals surface area contributed by atoms with Gasteiger partial charge in [-0.2, -0.15) is 0 Å². The Labute approximate surface area is 93.0 Å². The van der Waals surface area contributed by atoms with Crippen LogP contribution in [0.5, 0.6) is 0 Å². The van der Waals surface area contributed by atoms with E-state index in [2.05, 4.69) is 11.8 Å². The molecule has 3 nitrogen and oxygen atoms in total. The highest BCUT2D eigenvalue weighted by Crippen LogP contribution is 2.33. The molecule has 0 aromatic rings. The van der Waals surface area contributed by atoms with Gasteiger partial charge in [0.2, 0.25) is 0 Å². The smallest absolute Gasteiger partial charge is 0.0828 e. The number of ether oxygens (including phenoxy) is 1. The van der Waals surface area contributed by atoms with Crippen LogP contribution >= 0.6 is 0 Å². The van der Waals surface area contributed by atoms with Gasteiger partial charge in [-0.05, 0) is 32.1 Å². The molecule has 1 heterocycles. The Balaban J connectivity index is 1.81. The number of nitrogens with zero attached hydrogens (tertiary/aromatic N) is 1. The molecule has 0 unspecified atom stereocenters. The van der Waals surface area contributed by atoms with E-state index in [0.717, 1.165) is 31.9 Å². The van der Waals surface area contributed by atoms with Gasteiger partial charge in [-0.25, -0.2) is 0 Å². The molecule has 3 heteroatoms. The lowest BCUT2D eigenvalue weighted by molar-refractivity contribution is -0.0781. The molecular formula is C12H24N2O. The van der Waals surface area contributed by atoms with Crippen molar-refractivity contribution in [2.45, 2.75) is 50.7 Å². The summed E-state index contributed by atoms with van der Waals surface area (Å²) >= 11 is 0. The van der Waals surface area contributed by atoms with E-state index >= 15 is 0 Å². The Morgan fingerprint density at radius 1 is 1.33 bits per heavy atom. The fraction of sp³-hybridized carbons (Fsp3) is 1.00. The number of nitrogens with two attached hydrogens (primary N) is 1. The number of likely N-dealkylation sites (tertiary alicyclic amines) is 1. The first-order valence-corrected chi connectivity index (χ1v) is 6.38. The predicted molar refractivity (Wildman–Crippen MR) is 61.9 cm³/mol. The second-order valence-corrected chi connectivity index (χ2v) is 5.00. The minimum Gasteiger partial charge on any atom is -0.374 e. The molecule has 0 amide bonds. The highest BCUT2D eigenvalue weighted by Gasteiger charge is 2.38. The summed E-state index contributed by atoms with van der Waals surface area (Å²) in [5.74, 6) is 0. The summed E-state index contributed by atoms with van der Waals surface area (Å²) in [5, 5.41) is 0. The molecule has 0 aromatic heterocycles. The van der Waals surface area contributed by atoms with Crippen molar-refractivity contribution in [2.24, 2.45) is 5.73 Å². The Morgan fingerprint density at radius 3 is 2.47 bits per heavy atom. The van der Waals surface area contributed by atoms with Gasteiger partial charge in [0.1, 0.15) is 0 Å². The van der Waals surface area contributed by atoms with Gasteiger partial charge in [-0.1, -0.05) is 6.92 Å². The number of rotatable bonds is 5. The molecule has 2 rings (SSSR count). The first-order valence-electron chi connectivity index (χ1n) is 6.38. The lowest BCUT2D eigenvalue weighted by Crippen LogP contribution is -2.51. The van der Waals surface area contributed by atoms with Crippen LogP contribution in [0.4, 0.5) is 0 Å². The maximum Gasteiger partial charge on any atom is 0.0828 e. The van der Waals surface area contributed by atoms with Gasteiger partial charge in [0.25, 0.3) is 0 Å². The topological polar surface area (TPSA) is 38.5 Å². The summed E-state index contributed by atoms with van der Waals surface area (Å²) in [4.78, 5) is 2.61. The van der Waals surface area contributed by atoms with Crippen molar-refractivity contribution >= 4 is 0 Å². The van der Waals surface area contributed by atoms with Gasteiger partial charge in [0.05, 0.1) is 5.60 Å². The highest BCUT2D eigenvalue weighted by molar-refractivity contribution is 4.94. The second kappa shape index (κ2) is 4.81. The molecule has 0 atom stereocenters. The van der Waals surface area contributed by atoms with Crippen molar-refractivity contribution in [3.63, 3.8) is 0 Å². The standard InChI is InChI=1S/C12H24N2O/c1-2-9-15-12(10-13)5-7-14(8-6-12)11-3-4-11/h11H,2-10,13H2,1H3. The zero-order valence-electron chi connectivity index (χ0n) is 9.87. The lowest BCUT2D eigenvalue weighted by Gasteiger charge is -2.41. The van der Waals surface area contributed by atoms with Gasteiger partial charge in [0.15, 0.2) is 0 Å². The van der Waals surface area contributed by atoms with Crippen molar-refractivity contribution in [1.29, 1.82) is 0 Å². The summed E-state index contributed by atoms with van der Waals surface area (Å²) in [6, 6.07) is 0.895. The average Bonchev–Trinajstić information content (AvgIpc) is 3.11. The minimum atomic E-state index is 0.00139. The Bertz CT molecular complexity index is 196. The van der Waals surface area contributed by atoms with E-state index in [1.807, 2.05) is 0 Å². The summed E-state index contributed by atoms with van der Waals surface area (Å²) in [6.07, 6.45) is 6.16. The molecule has 1 aliphatic heterocycles. The molecule has 1 saturated heterocycles. The van der Waals surface area contributed by atoms with Crippen molar-refractivity contribution in [3.05, 3.63) is 0 Å². The number of piperidine rings is 1. The van der Waals surface area contributed by atoms with Gasteiger partial charge in [0, 0.05) is 32.3 Å². The van der Waals surface area contributed by atoms with Gasteiger partial charge in [-0.3, -0.25) is 0 Å². The van der Waals surface area contributed by atoms with Crippen LogP contribution in [0.3, 0.4) is 0 Å². The van der Waals surface area contributed by atoms with E-state index in [-0.39, 0.29) is 5.60 Å². The molecular weight excluding hydrogens is 188 g/mol. The van der Waals surface area contributed by atoms with Crippen LogP contribution in [0, 0.1) is 0 Å². The van der Waals surface area contributed by atoms with E-state index in [0.29, 0.717) is 6.54 Å². The van der Waals surface area contributed by atoms with Crippen molar-refractivity contribution in [2.75, 3.05) is 26.2 Å². The van der Waals surface area contributed by atoms with Crippen molar-refractivity contribution < 1.29 is 4.74 Å². The Hall–Kier alpha value is -0.120. The molecule has 0 bridgehead atoms. The van der Waals surface area contributed by atoms with Crippen molar-refractivity contribution in [3.8, 4) is 0 Å². The van der Waals surface area contributed by atoms with Gasteiger partial charge >= 0.3 is 0 Å². The molecule has 1 aliphatic carbocycles.